The van der Waals surface area contributed by atoms with Gasteiger partial charge in [0.2, 0.25) is 0 Å². The average molecular weight is 272 g/mol. The van der Waals surface area contributed by atoms with Crippen LogP contribution in [0.1, 0.15) is 18.2 Å². The molecule has 0 spiro atoms. The van der Waals surface area contributed by atoms with Gasteiger partial charge in [-0.15, -0.1) is 0 Å². The lowest BCUT2D eigenvalue weighted by molar-refractivity contribution is -0.00000660. The Labute approximate surface area is 111 Å². The summed E-state index contributed by atoms with van der Waals surface area (Å²) in [5.41, 5.74) is 4.52. The number of aliphatic imine (C=N–C) groups is 1. The van der Waals surface area contributed by atoms with Crippen molar-refractivity contribution in [3.63, 3.8) is 0 Å². The number of aromatic nitrogens is 1. The number of nitrogens with zero attached hydrogens (tertiary/aromatic N) is 1. The first-order chi connectivity index (χ1) is 7.25. The van der Waals surface area contributed by atoms with Gasteiger partial charge in [-0.2, -0.15) is 0 Å². The molecule has 3 rings (SSSR count). The molecule has 0 aliphatic carbocycles. The highest BCUT2D eigenvalue weighted by molar-refractivity contribution is 6.05. The van der Waals surface area contributed by atoms with E-state index < -0.39 is 0 Å². The molecule has 0 atom stereocenters. The summed E-state index contributed by atoms with van der Waals surface area (Å²) in [6.45, 7) is 2.89. The maximum absolute atomic E-state index is 9.41. The lowest BCUT2D eigenvalue weighted by atomic mass is 10.0. The van der Waals surface area contributed by atoms with Crippen molar-refractivity contribution in [3.8, 4) is 5.75 Å². The molecule has 0 bridgehead atoms. The first-order valence-electron chi connectivity index (χ1n) is 5.11. The van der Waals surface area contributed by atoms with E-state index in [2.05, 4.69) is 9.98 Å². The van der Waals surface area contributed by atoms with Crippen LogP contribution in [0.15, 0.2) is 23.2 Å². The summed E-state index contributed by atoms with van der Waals surface area (Å²) in [4.78, 5) is 7.73. The number of halogens is 1. The third-order valence-corrected chi connectivity index (χ3v) is 2.96. The fourth-order valence-electron chi connectivity index (χ4n) is 2.23. The molecule has 0 saturated carbocycles. The summed E-state index contributed by atoms with van der Waals surface area (Å²) in [6.07, 6.45) is 0.984. The molecule has 18 heavy (non-hydrogen) atoms. The Morgan fingerprint density at radius 3 is 2.72 bits per heavy atom. The second-order valence-corrected chi connectivity index (χ2v) is 3.93. The molecule has 6 heteroatoms. The van der Waals surface area contributed by atoms with Crippen LogP contribution in [0.5, 0.6) is 5.75 Å². The van der Waals surface area contributed by atoms with Crippen LogP contribution >= 0.6 is 0 Å². The van der Waals surface area contributed by atoms with Crippen molar-refractivity contribution in [1.82, 2.24) is 4.98 Å². The summed E-state index contributed by atoms with van der Waals surface area (Å²) in [5.74, 6) is 0.302. The summed E-state index contributed by atoms with van der Waals surface area (Å²) in [7, 11) is 0. The van der Waals surface area contributed by atoms with Gasteiger partial charge in [0, 0.05) is 23.5 Å². The molecule has 6 N–H and O–H groups in total. The summed E-state index contributed by atoms with van der Waals surface area (Å²) < 4.78 is 0. The topological polar surface area (TPSA) is 111 Å². The Bertz CT molecular complexity index is 578. The van der Waals surface area contributed by atoms with Gasteiger partial charge < -0.3 is 33.4 Å². The molecule has 0 saturated heterocycles. The number of aromatic amines is 1. The van der Waals surface area contributed by atoms with E-state index in [1.165, 1.54) is 10.9 Å². The van der Waals surface area contributed by atoms with Crippen molar-refractivity contribution in [1.29, 1.82) is 0 Å². The molecule has 2 heterocycles. The van der Waals surface area contributed by atoms with Gasteiger partial charge >= 0.3 is 0 Å². The lowest BCUT2D eigenvalue weighted by Crippen LogP contribution is -3.00. The van der Waals surface area contributed by atoms with E-state index in [1.807, 2.05) is 13.0 Å². The Hall–Kier alpha value is -1.56. The Kier molecular flexibility index (Phi) is 5.35. The van der Waals surface area contributed by atoms with Gasteiger partial charge in [0.1, 0.15) is 5.75 Å². The molecule has 100 valence electrons. The smallest absolute Gasteiger partial charge is 0.117 e. The number of aromatic hydroxyl groups is 1. The Morgan fingerprint density at radius 1 is 1.28 bits per heavy atom. The van der Waals surface area contributed by atoms with Crippen LogP contribution < -0.4 is 12.4 Å². The van der Waals surface area contributed by atoms with Crippen molar-refractivity contribution in [2.24, 2.45) is 4.99 Å². The Morgan fingerprint density at radius 2 is 2.00 bits per heavy atom. The fraction of sp³-hybridized carbons (Fsp3) is 0.250. The number of H-pyrrole nitrogens is 1. The van der Waals surface area contributed by atoms with Crippen LogP contribution in [0.2, 0.25) is 0 Å². The van der Waals surface area contributed by atoms with Crippen molar-refractivity contribution in [3.05, 3.63) is 29.5 Å². The second-order valence-electron chi connectivity index (χ2n) is 3.93. The molecule has 1 aromatic heterocycles. The summed E-state index contributed by atoms with van der Waals surface area (Å²) >= 11 is 0. The molecule has 1 aliphatic rings. The zero-order chi connectivity index (χ0) is 10.4. The van der Waals surface area contributed by atoms with Gasteiger partial charge in [0.05, 0.1) is 11.4 Å². The lowest BCUT2D eigenvalue weighted by Gasteiger charge is -2.08. The SMILES string of the molecule is CC1=NCCc2c1[nH]c1cc(O)ccc21.O.O.[Cl-]. The number of fused-ring (bicyclic) bond motifs is 3. The van der Waals surface area contributed by atoms with E-state index in [0.717, 1.165) is 29.9 Å². The van der Waals surface area contributed by atoms with E-state index in [9.17, 15) is 5.11 Å². The van der Waals surface area contributed by atoms with Crippen molar-refractivity contribution in [2.45, 2.75) is 13.3 Å². The van der Waals surface area contributed by atoms with Crippen LogP contribution in [-0.2, 0) is 6.42 Å². The summed E-state index contributed by atoms with van der Waals surface area (Å²) in [5, 5.41) is 10.6. The third kappa shape index (κ3) is 2.33. The van der Waals surface area contributed by atoms with Crippen molar-refractivity contribution in [2.75, 3.05) is 6.54 Å². The highest BCUT2D eigenvalue weighted by Gasteiger charge is 2.16. The monoisotopic (exact) mass is 271 g/mol. The van der Waals surface area contributed by atoms with Gasteiger partial charge in [0.15, 0.2) is 0 Å². The highest BCUT2D eigenvalue weighted by atomic mass is 35.5. The third-order valence-electron chi connectivity index (χ3n) is 2.96. The van der Waals surface area contributed by atoms with E-state index in [1.54, 1.807) is 12.1 Å². The zero-order valence-electron chi connectivity index (χ0n) is 9.92. The second kappa shape index (κ2) is 5.86. The van der Waals surface area contributed by atoms with E-state index in [4.69, 9.17) is 0 Å². The van der Waals surface area contributed by atoms with E-state index >= 15 is 0 Å². The fourth-order valence-corrected chi connectivity index (χ4v) is 2.23. The number of nitrogens with one attached hydrogen (secondary N) is 1. The van der Waals surface area contributed by atoms with Crippen molar-refractivity contribution < 1.29 is 28.5 Å². The molecule has 0 fully saturated rings. The van der Waals surface area contributed by atoms with Gasteiger partial charge in [0.25, 0.3) is 0 Å². The predicted octanol–water partition coefficient (Wildman–Crippen LogP) is -2.41. The van der Waals surface area contributed by atoms with Crippen molar-refractivity contribution >= 4 is 16.6 Å². The van der Waals surface area contributed by atoms with Crippen LogP contribution in [0, 0.1) is 0 Å². The van der Waals surface area contributed by atoms with Gasteiger partial charge in [-0.25, -0.2) is 0 Å². The molecular formula is C12H16ClN2O3-. The van der Waals surface area contributed by atoms with Crippen LogP contribution in [0.25, 0.3) is 10.9 Å². The quantitative estimate of drug-likeness (QED) is 0.547. The number of benzene rings is 1. The minimum atomic E-state index is 0. The van der Waals surface area contributed by atoms with Gasteiger partial charge in [-0.05, 0) is 31.0 Å². The molecule has 5 nitrogen and oxygen atoms in total. The standard InChI is InChI=1S/C12H12N2O.ClH.2H2O/c1-7-12-10(4-5-13-7)9-3-2-8(15)6-11(9)14-12;;;/h2-3,6,14-15H,4-5H2,1H3;1H;2*1H2/p-1. The van der Waals surface area contributed by atoms with E-state index in [-0.39, 0.29) is 23.4 Å². The minimum Gasteiger partial charge on any atom is -1.00 e. The van der Waals surface area contributed by atoms with Gasteiger partial charge in [-0.3, -0.25) is 4.99 Å². The van der Waals surface area contributed by atoms with Crippen LogP contribution in [0.3, 0.4) is 0 Å². The molecule has 0 radical (unpaired) electrons. The maximum atomic E-state index is 9.41. The van der Waals surface area contributed by atoms with Crippen LogP contribution in [0.4, 0.5) is 0 Å². The number of phenols is 1. The predicted molar refractivity (Wildman–Crippen MR) is 68.0 cm³/mol. The average Bonchev–Trinajstić information content (AvgIpc) is 2.57. The molecule has 0 unspecified atom stereocenters. The molecular weight excluding hydrogens is 256 g/mol. The number of rotatable bonds is 0. The highest BCUT2D eigenvalue weighted by Crippen LogP contribution is 2.28. The van der Waals surface area contributed by atoms with E-state index in [0.29, 0.717) is 5.75 Å². The molecule has 2 aromatic rings. The number of hydrogen-bond donors (Lipinski definition) is 2. The number of hydrogen-bond acceptors (Lipinski definition) is 2. The number of phenolic OH excluding ortho intramolecular Hbond substituents is 1. The minimum absolute atomic E-state index is 0. The Balaban J connectivity index is 0.000000963. The first kappa shape index (κ1) is 16.4. The summed E-state index contributed by atoms with van der Waals surface area (Å²) in [6, 6.07) is 5.47. The van der Waals surface area contributed by atoms with Gasteiger partial charge in [-0.1, -0.05) is 0 Å². The maximum Gasteiger partial charge on any atom is 0.117 e. The van der Waals surface area contributed by atoms with Crippen LogP contribution in [-0.4, -0.2) is 33.3 Å². The molecule has 0 amide bonds. The zero-order valence-corrected chi connectivity index (χ0v) is 10.7. The normalized spacial score (nSPS) is 12.6. The molecule has 1 aromatic carbocycles. The first-order valence-corrected chi connectivity index (χ1v) is 5.11. The largest absolute Gasteiger partial charge is 1.00 e. The molecule has 1 aliphatic heterocycles.